The van der Waals surface area contributed by atoms with Gasteiger partial charge in [-0.3, -0.25) is 0 Å². The van der Waals surface area contributed by atoms with E-state index >= 15 is 0 Å². The first-order valence-corrected chi connectivity index (χ1v) is 6.13. The molecule has 84 valence electrons. The number of rotatable bonds is 5. The van der Waals surface area contributed by atoms with Gasteiger partial charge in [-0.2, -0.15) is 0 Å². The van der Waals surface area contributed by atoms with Crippen LogP contribution in [-0.4, -0.2) is 0 Å². The first-order chi connectivity index (χ1) is 7.06. The van der Waals surface area contributed by atoms with Crippen molar-refractivity contribution in [2.24, 2.45) is 0 Å². The quantitative estimate of drug-likeness (QED) is 0.601. The topological polar surface area (TPSA) is 0 Å². The minimum Gasteiger partial charge on any atom is -0.0654 e. The van der Waals surface area contributed by atoms with E-state index in [4.69, 9.17) is 0 Å². The van der Waals surface area contributed by atoms with Crippen LogP contribution in [0.4, 0.5) is 0 Å². The number of benzene rings is 1. The maximum atomic E-state index is 2.36. The molecule has 15 heavy (non-hydrogen) atoms. The molecule has 0 spiro atoms. The van der Waals surface area contributed by atoms with Crippen LogP contribution in [0, 0.1) is 6.92 Å². The summed E-state index contributed by atoms with van der Waals surface area (Å²) in [6.45, 7) is 9.15. The van der Waals surface area contributed by atoms with Crippen LogP contribution >= 0.6 is 0 Å². The van der Waals surface area contributed by atoms with E-state index in [9.17, 15) is 0 Å². The monoisotopic (exact) mass is 204 g/mol. The summed E-state index contributed by atoms with van der Waals surface area (Å²) in [5, 5.41) is 0. The molecule has 0 atom stereocenters. The summed E-state index contributed by atoms with van der Waals surface area (Å²) in [5.41, 5.74) is 3.19. The van der Waals surface area contributed by atoms with E-state index in [0.717, 1.165) is 0 Å². The summed E-state index contributed by atoms with van der Waals surface area (Å²) in [6, 6.07) is 8.93. The molecule has 0 bridgehead atoms. The summed E-state index contributed by atoms with van der Waals surface area (Å²) in [7, 11) is 0. The van der Waals surface area contributed by atoms with Crippen molar-refractivity contribution in [2.75, 3.05) is 0 Å². The van der Waals surface area contributed by atoms with Crippen LogP contribution < -0.4 is 0 Å². The number of unbranched alkanes of at least 4 members (excludes halogenated alkanes) is 2. The third-order valence-corrected chi connectivity index (χ3v) is 3.20. The summed E-state index contributed by atoms with van der Waals surface area (Å²) < 4.78 is 0. The summed E-state index contributed by atoms with van der Waals surface area (Å²) in [4.78, 5) is 0. The lowest BCUT2D eigenvalue weighted by Gasteiger charge is -2.25. The van der Waals surface area contributed by atoms with Gasteiger partial charge < -0.3 is 0 Å². The highest BCUT2D eigenvalue weighted by Crippen LogP contribution is 2.29. The Kier molecular flexibility index (Phi) is 4.38. The highest BCUT2D eigenvalue weighted by Gasteiger charge is 2.19. The Hall–Kier alpha value is -0.780. The van der Waals surface area contributed by atoms with Crippen molar-refractivity contribution in [2.45, 2.75) is 58.8 Å². The highest BCUT2D eigenvalue weighted by atomic mass is 14.2. The molecule has 0 amide bonds. The maximum absolute atomic E-state index is 2.36. The van der Waals surface area contributed by atoms with Gasteiger partial charge in [-0.15, -0.1) is 0 Å². The number of hydrogen-bond acceptors (Lipinski definition) is 0. The van der Waals surface area contributed by atoms with Gasteiger partial charge >= 0.3 is 0 Å². The molecule has 1 rings (SSSR count). The largest absolute Gasteiger partial charge is 0.0654 e. The second-order valence-electron chi connectivity index (χ2n) is 5.21. The normalized spacial score (nSPS) is 11.7. The fraction of sp³-hybridized carbons (Fsp3) is 0.600. The fourth-order valence-corrected chi connectivity index (χ4v) is 2.03. The van der Waals surface area contributed by atoms with Crippen LogP contribution in [0.25, 0.3) is 0 Å². The van der Waals surface area contributed by atoms with Gasteiger partial charge in [-0.05, 0) is 24.3 Å². The molecule has 0 aromatic heterocycles. The van der Waals surface area contributed by atoms with Crippen LogP contribution in [0.3, 0.4) is 0 Å². The van der Waals surface area contributed by atoms with Crippen molar-refractivity contribution < 1.29 is 0 Å². The lowest BCUT2D eigenvalue weighted by Crippen LogP contribution is -2.16. The Labute approximate surface area is 94.7 Å². The Morgan fingerprint density at radius 3 is 2.47 bits per heavy atom. The van der Waals surface area contributed by atoms with E-state index in [1.54, 1.807) is 0 Å². The molecule has 0 saturated heterocycles. The van der Waals surface area contributed by atoms with Gasteiger partial charge in [0.05, 0.1) is 0 Å². The van der Waals surface area contributed by atoms with Gasteiger partial charge in [0.25, 0.3) is 0 Å². The van der Waals surface area contributed by atoms with Crippen molar-refractivity contribution in [1.29, 1.82) is 0 Å². The lowest BCUT2D eigenvalue weighted by atomic mass is 9.79. The molecule has 0 fully saturated rings. The molecule has 1 aromatic carbocycles. The molecule has 0 unspecified atom stereocenters. The predicted molar refractivity (Wildman–Crippen MR) is 68.3 cm³/mol. The second-order valence-corrected chi connectivity index (χ2v) is 5.21. The van der Waals surface area contributed by atoms with Crippen LogP contribution in [0.5, 0.6) is 0 Å². The molecule has 0 N–H and O–H groups in total. The van der Waals surface area contributed by atoms with E-state index in [-0.39, 0.29) is 0 Å². The fourth-order valence-electron chi connectivity index (χ4n) is 2.03. The van der Waals surface area contributed by atoms with E-state index in [1.165, 1.54) is 36.8 Å². The van der Waals surface area contributed by atoms with Crippen LogP contribution in [0.15, 0.2) is 24.3 Å². The Morgan fingerprint density at radius 2 is 1.87 bits per heavy atom. The SMILES string of the molecule is CCCCCC(C)(C)c1cccc(C)c1. The molecule has 0 aliphatic rings. The van der Waals surface area contributed by atoms with Crippen molar-refractivity contribution in [1.82, 2.24) is 0 Å². The standard InChI is InChI=1S/C15H24/c1-5-6-7-11-15(3,4)14-10-8-9-13(2)12-14/h8-10,12H,5-7,11H2,1-4H3. The molecular formula is C15H24. The van der Waals surface area contributed by atoms with E-state index < -0.39 is 0 Å². The molecule has 0 nitrogen and oxygen atoms in total. The average Bonchev–Trinajstić information content (AvgIpc) is 2.18. The summed E-state index contributed by atoms with van der Waals surface area (Å²) >= 11 is 0. The molecule has 0 heterocycles. The smallest absolute Gasteiger partial charge is 0.0103 e. The molecular weight excluding hydrogens is 180 g/mol. The van der Waals surface area contributed by atoms with Gasteiger partial charge in [0.2, 0.25) is 0 Å². The zero-order valence-electron chi connectivity index (χ0n) is 10.6. The molecule has 0 aliphatic carbocycles. The molecule has 0 radical (unpaired) electrons. The first kappa shape index (κ1) is 12.3. The van der Waals surface area contributed by atoms with Crippen LogP contribution in [0.1, 0.15) is 57.6 Å². The van der Waals surface area contributed by atoms with Crippen molar-refractivity contribution in [3.63, 3.8) is 0 Å². The van der Waals surface area contributed by atoms with E-state index in [1.807, 2.05) is 0 Å². The molecule has 1 aromatic rings. The van der Waals surface area contributed by atoms with Gasteiger partial charge in [0.1, 0.15) is 0 Å². The third kappa shape index (κ3) is 3.70. The van der Waals surface area contributed by atoms with Crippen molar-refractivity contribution in [3.8, 4) is 0 Å². The minimum absolute atomic E-state index is 0.335. The van der Waals surface area contributed by atoms with Crippen molar-refractivity contribution in [3.05, 3.63) is 35.4 Å². The predicted octanol–water partition coefficient (Wildman–Crippen LogP) is 4.85. The van der Waals surface area contributed by atoms with E-state index in [0.29, 0.717) is 5.41 Å². The zero-order chi connectivity index (χ0) is 11.3. The Balaban J connectivity index is 2.67. The van der Waals surface area contributed by atoms with Gasteiger partial charge in [0.15, 0.2) is 0 Å². The van der Waals surface area contributed by atoms with Gasteiger partial charge in [0, 0.05) is 0 Å². The minimum atomic E-state index is 0.335. The summed E-state index contributed by atoms with van der Waals surface area (Å²) in [5.74, 6) is 0. The third-order valence-electron chi connectivity index (χ3n) is 3.20. The maximum Gasteiger partial charge on any atom is -0.0103 e. The van der Waals surface area contributed by atoms with Gasteiger partial charge in [-0.25, -0.2) is 0 Å². The van der Waals surface area contributed by atoms with Gasteiger partial charge in [-0.1, -0.05) is 69.9 Å². The highest BCUT2D eigenvalue weighted by molar-refractivity contribution is 5.28. The first-order valence-electron chi connectivity index (χ1n) is 6.13. The van der Waals surface area contributed by atoms with Crippen molar-refractivity contribution >= 4 is 0 Å². The zero-order valence-corrected chi connectivity index (χ0v) is 10.6. The second kappa shape index (κ2) is 5.34. The van der Waals surface area contributed by atoms with E-state index in [2.05, 4.69) is 52.0 Å². The average molecular weight is 204 g/mol. The molecule has 0 heteroatoms. The lowest BCUT2D eigenvalue weighted by molar-refractivity contribution is 0.450. The number of hydrogen-bond donors (Lipinski definition) is 0. The Bertz CT molecular complexity index is 297. The summed E-state index contributed by atoms with van der Waals surface area (Å²) in [6.07, 6.45) is 5.31. The molecule has 0 aliphatic heterocycles. The van der Waals surface area contributed by atoms with Crippen LogP contribution in [0.2, 0.25) is 0 Å². The Morgan fingerprint density at radius 1 is 1.13 bits per heavy atom. The number of aryl methyl sites for hydroxylation is 1. The van der Waals surface area contributed by atoms with Crippen LogP contribution in [-0.2, 0) is 5.41 Å². The molecule has 0 saturated carbocycles.